The van der Waals surface area contributed by atoms with E-state index in [2.05, 4.69) is 10.4 Å². The quantitative estimate of drug-likeness (QED) is 0.695. The number of carbonyl (C=O) groups is 1. The van der Waals surface area contributed by atoms with E-state index in [0.29, 0.717) is 24.4 Å². The largest absolute Gasteiger partial charge is 0.497 e. The number of ether oxygens (including phenoxy) is 2. The van der Waals surface area contributed by atoms with Crippen LogP contribution in [0.3, 0.4) is 0 Å². The smallest absolute Gasteiger partial charge is 0.275 e. The molecule has 0 aliphatic carbocycles. The molecule has 27 heavy (non-hydrogen) atoms. The van der Waals surface area contributed by atoms with E-state index in [4.69, 9.17) is 9.47 Å². The van der Waals surface area contributed by atoms with Crippen molar-refractivity contribution in [1.82, 2.24) is 15.1 Å². The van der Waals surface area contributed by atoms with Crippen LogP contribution in [0.1, 0.15) is 16.1 Å². The molecule has 1 heterocycles. The normalized spacial score (nSPS) is 10.5. The first-order valence-corrected chi connectivity index (χ1v) is 8.41. The van der Waals surface area contributed by atoms with Crippen molar-refractivity contribution in [3.63, 3.8) is 0 Å². The molecule has 1 amide bonds. The molecule has 0 saturated heterocycles. The van der Waals surface area contributed by atoms with E-state index in [1.54, 1.807) is 25.4 Å². The summed E-state index contributed by atoms with van der Waals surface area (Å²) in [5.41, 5.74) is 1.89. The third kappa shape index (κ3) is 4.44. The predicted octanol–water partition coefficient (Wildman–Crippen LogP) is 3.00. The van der Waals surface area contributed by atoms with Crippen LogP contribution in [-0.2, 0) is 6.42 Å². The second-order valence-corrected chi connectivity index (χ2v) is 5.82. The minimum absolute atomic E-state index is 0.177. The van der Waals surface area contributed by atoms with Crippen molar-refractivity contribution in [3.8, 4) is 17.2 Å². The number of amides is 1. The third-order valence-electron chi connectivity index (χ3n) is 4.07. The lowest BCUT2D eigenvalue weighted by Gasteiger charge is -2.06. The maximum atomic E-state index is 13.1. The van der Waals surface area contributed by atoms with Gasteiger partial charge >= 0.3 is 0 Å². The number of nitrogens with zero attached hydrogens (tertiary/aromatic N) is 2. The van der Waals surface area contributed by atoms with Crippen LogP contribution >= 0.6 is 0 Å². The lowest BCUT2D eigenvalue weighted by molar-refractivity contribution is 0.0945. The molecule has 0 saturated carbocycles. The number of nitrogens with one attached hydrogen (secondary N) is 1. The van der Waals surface area contributed by atoms with Crippen molar-refractivity contribution in [1.29, 1.82) is 0 Å². The van der Waals surface area contributed by atoms with E-state index in [1.807, 2.05) is 24.3 Å². The predicted molar refractivity (Wildman–Crippen MR) is 99.1 cm³/mol. The minimum atomic E-state index is -0.339. The average Bonchev–Trinajstić information content (AvgIpc) is 3.13. The highest BCUT2D eigenvalue weighted by Gasteiger charge is 2.18. The molecule has 140 valence electrons. The van der Waals surface area contributed by atoms with Crippen LogP contribution in [0, 0.1) is 5.82 Å². The zero-order valence-corrected chi connectivity index (χ0v) is 15.1. The maximum Gasteiger partial charge on any atom is 0.275 e. The second kappa shape index (κ2) is 8.35. The first kappa shape index (κ1) is 18.4. The van der Waals surface area contributed by atoms with Crippen molar-refractivity contribution >= 4 is 5.91 Å². The van der Waals surface area contributed by atoms with Crippen LogP contribution in [0.4, 0.5) is 4.39 Å². The number of hydrogen-bond donors (Lipinski definition) is 1. The molecule has 0 unspecified atom stereocenters. The number of aromatic nitrogens is 2. The molecule has 1 aromatic heterocycles. The number of methoxy groups -OCH3 is 2. The van der Waals surface area contributed by atoms with Gasteiger partial charge in [-0.15, -0.1) is 0 Å². The van der Waals surface area contributed by atoms with Crippen molar-refractivity contribution in [2.45, 2.75) is 6.42 Å². The zero-order chi connectivity index (χ0) is 19.2. The minimum Gasteiger partial charge on any atom is -0.497 e. The fraction of sp³-hybridized carbons (Fsp3) is 0.200. The molecule has 7 heteroatoms. The first-order valence-electron chi connectivity index (χ1n) is 8.41. The Labute approximate surface area is 156 Å². The van der Waals surface area contributed by atoms with Gasteiger partial charge in [0.15, 0.2) is 11.4 Å². The Kier molecular flexibility index (Phi) is 5.71. The standard InChI is InChI=1S/C20H20FN3O3/c1-26-17-9-3-14(4-10-17)11-12-22-20(25)19-18(27-2)13-24(23-19)16-7-5-15(21)6-8-16/h3-10,13H,11-12H2,1-2H3,(H,22,25). The molecule has 0 atom stereocenters. The molecular formula is C20H20FN3O3. The topological polar surface area (TPSA) is 65.4 Å². The van der Waals surface area contributed by atoms with E-state index in [0.717, 1.165) is 11.3 Å². The molecular weight excluding hydrogens is 349 g/mol. The Hall–Kier alpha value is -3.35. The molecule has 1 N–H and O–H groups in total. The second-order valence-electron chi connectivity index (χ2n) is 5.82. The van der Waals surface area contributed by atoms with Gasteiger partial charge in [-0.25, -0.2) is 9.07 Å². The third-order valence-corrected chi connectivity index (χ3v) is 4.07. The number of carbonyl (C=O) groups excluding carboxylic acids is 1. The molecule has 2 aromatic carbocycles. The van der Waals surface area contributed by atoms with Gasteiger partial charge < -0.3 is 14.8 Å². The molecule has 3 rings (SSSR count). The molecule has 0 aliphatic heterocycles. The van der Waals surface area contributed by atoms with Gasteiger partial charge in [0, 0.05) is 6.54 Å². The van der Waals surface area contributed by atoms with Crippen LogP contribution in [0.5, 0.6) is 11.5 Å². The van der Waals surface area contributed by atoms with Gasteiger partial charge in [0.05, 0.1) is 26.1 Å². The van der Waals surface area contributed by atoms with Crippen LogP contribution in [0.15, 0.2) is 54.7 Å². The molecule has 0 bridgehead atoms. The summed E-state index contributed by atoms with van der Waals surface area (Å²) < 4.78 is 24.9. The summed E-state index contributed by atoms with van der Waals surface area (Å²) in [6.45, 7) is 0.456. The van der Waals surface area contributed by atoms with E-state index in [1.165, 1.54) is 23.9 Å². The Balaban J connectivity index is 1.65. The summed E-state index contributed by atoms with van der Waals surface area (Å²) in [4.78, 5) is 12.5. The summed E-state index contributed by atoms with van der Waals surface area (Å²) in [5, 5.41) is 7.11. The zero-order valence-electron chi connectivity index (χ0n) is 15.1. The lowest BCUT2D eigenvalue weighted by Crippen LogP contribution is -2.26. The van der Waals surface area contributed by atoms with E-state index < -0.39 is 0 Å². The first-order chi connectivity index (χ1) is 13.1. The Morgan fingerprint density at radius 1 is 1.07 bits per heavy atom. The van der Waals surface area contributed by atoms with Gasteiger partial charge in [0.25, 0.3) is 5.91 Å². The highest BCUT2D eigenvalue weighted by molar-refractivity contribution is 5.94. The fourth-order valence-electron chi connectivity index (χ4n) is 2.59. The Morgan fingerprint density at radius 3 is 2.41 bits per heavy atom. The van der Waals surface area contributed by atoms with Gasteiger partial charge in [-0.05, 0) is 48.4 Å². The van der Waals surface area contributed by atoms with Gasteiger partial charge in [-0.3, -0.25) is 4.79 Å². The monoisotopic (exact) mass is 369 g/mol. The van der Waals surface area contributed by atoms with Gasteiger partial charge in [-0.2, -0.15) is 5.10 Å². The fourth-order valence-corrected chi connectivity index (χ4v) is 2.59. The number of hydrogen-bond acceptors (Lipinski definition) is 4. The van der Waals surface area contributed by atoms with Crippen molar-refractivity contribution in [3.05, 3.63) is 71.8 Å². The van der Waals surface area contributed by atoms with Crippen LogP contribution in [-0.4, -0.2) is 36.5 Å². The number of halogens is 1. The Bertz CT molecular complexity index is 905. The molecule has 0 spiro atoms. The maximum absolute atomic E-state index is 13.1. The molecule has 0 fully saturated rings. The van der Waals surface area contributed by atoms with Crippen molar-refractivity contribution in [2.24, 2.45) is 0 Å². The highest BCUT2D eigenvalue weighted by Crippen LogP contribution is 2.19. The van der Waals surface area contributed by atoms with Gasteiger partial charge in [0.2, 0.25) is 0 Å². The van der Waals surface area contributed by atoms with E-state index >= 15 is 0 Å². The van der Waals surface area contributed by atoms with Crippen molar-refractivity contribution < 1.29 is 18.7 Å². The molecule has 3 aromatic rings. The molecule has 6 nitrogen and oxygen atoms in total. The summed E-state index contributed by atoms with van der Waals surface area (Å²) in [6, 6.07) is 13.5. The van der Waals surface area contributed by atoms with Crippen LogP contribution in [0.2, 0.25) is 0 Å². The van der Waals surface area contributed by atoms with Gasteiger partial charge in [0.1, 0.15) is 11.6 Å². The number of rotatable bonds is 7. The van der Waals surface area contributed by atoms with Crippen LogP contribution < -0.4 is 14.8 Å². The van der Waals surface area contributed by atoms with E-state index in [9.17, 15) is 9.18 Å². The summed E-state index contributed by atoms with van der Waals surface area (Å²) in [6.07, 6.45) is 2.27. The van der Waals surface area contributed by atoms with Gasteiger partial charge in [-0.1, -0.05) is 12.1 Å². The van der Waals surface area contributed by atoms with Crippen molar-refractivity contribution in [2.75, 3.05) is 20.8 Å². The summed E-state index contributed by atoms with van der Waals surface area (Å²) in [5.74, 6) is 0.468. The highest BCUT2D eigenvalue weighted by atomic mass is 19.1. The lowest BCUT2D eigenvalue weighted by atomic mass is 10.1. The van der Waals surface area contributed by atoms with E-state index in [-0.39, 0.29) is 17.4 Å². The average molecular weight is 369 g/mol. The molecule has 0 radical (unpaired) electrons. The summed E-state index contributed by atoms with van der Waals surface area (Å²) >= 11 is 0. The number of benzene rings is 2. The summed E-state index contributed by atoms with van der Waals surface area (Å²) in [7, 11) is 3.09. The Morgan fingerprint density at radius 2 is 1.78 bits per heavy atom. The SMILES string of the molecule is COc1ccc(CCNC(=O)c2nn(-c3ccc(F)cc3)cc2OC)cc1. The van der Waals surface area contributed by atoms with Crippen LogP contribution in [0.25, 0.3) is 5.69 Å². The molecule has 0 aliphatic rings.